The van der Waals surface area contributed by atoms with Gasteiger partial charge in [0.1, 0.15) is 12.4 Å². The van der Waals surface area contributed by atoms with Gasteiger partial charge in [-0.2, -0.15) is 0 Å². The Balaban J connectivity index is 2.16. The Hall–Kier alpha value is -1.10. The molecule has 0 aromatic heterocycles. The Morgan fingerprint density at radius 1 is 1.05 bits per heavy atom. The minimum Gasteiger partial charge on any atom is -0.491 e. The number of methoxy groups -OCH3 is 1. The van der Waals surface area contributed by atoms with Crippen LogP contribution >= 0.6 is 0 Å². The summed E-state index contributed by atoms with van der Waals surface area (Å²) in [5, 5.41) is 3.23. The molecule has 120 valence electrons. The van der Waals surface area contributed by atoms with E-state index >= 15 is 0 Å². The van der Waals surface area contributed by atoms with E-state index in [4.69, 9.17) is 14.2 Å². The maximum absolute atomic E-state index is 5.81. The van der Waals surface area contributed by atoms with Gasteiger partial charge in [0.05, 0.1) is 19.8 Å². The number of aryl methyl sites for hydroxylation is 1. The first-order valence-electron chi connectivity index (χ1n) is 7.66. The summed E-state index contributed by atoms with van der Waals surface area (Å²) in [5.74, 6) is 1.48. The maximum atomic E-state index is 5.81. The Morgan fingerprint density at radius 2 is 1.81 bits per heavy atom. The number of rotatable bonds is 11. The molecule has 4 heteroatoms. The second-order valence-electron chi connectivity index (χ2n) is 5.38. The van der Waals surface area contributed by atoms with E-state index in [2.05, 4.69) is 44.3 Å². The molecule has 0 saturated carbocycles. The van der Waals surface area contributed by atoms with Crippen molar-refractivity contribution in [3.63, 3.8) is 0 Å². The molecule has 0 unspecified atom stereocenters. The minimum atomic E-state index is 0.516. The molecule has 1 N–H and O–H groups in total. The van der Waals surface area contributed by atoms with Gasteiger partial charge in [-0.3, -0.25) is 0 Å². The zero-order chi connectivity index (χ0) is 15.5. The van der Waals surface area contributed by atoms with Crippen molar-refractivity contribution in [3.8, 4) is 5.75 Å². The first-order chi connectivity index (χ1) is 10.1. The van der Waals surface area contributed by atoms with Crippen LogP contribution in [0, 0.1) is 6.92 Å². The Morgan fingerprint density at radius 3 is 2.52 bits per heavy atom. The highest BCUT2D eigenvalue weighted by Crippen LogP contribution is 2.24. The van der Waals surface area contributed by atoms with Gasteiger partial charge in [-0.05, 0) is 30.0 Å². The summed E-state index contributed by atoms with van der Waals surface area (Å²) in [4.78, 5) is 0. The second kappa shape index (κ2) is 10.6. The predicted octanol–water partition coefficient (Wildman–Crippen LogP) is 2.75. The molecular weight excluding hydrogens is 266 g/mol. The van der Waals surface area contributed by atoms with E-state index in [1.807, 2.05) is 0 Å². The van der Waals surface area contributed by atoms with Gasteiger partial charge in [-0.25, -0.2) is 0 Å². The normalized spacial score (nSPS) is 11.1. The monoisotopic (exact) mass is 295 g/mol. The molecule has 0 fully saturated rings. The maximum Gasteiger partial charge on any atom is 0.122 e. The highest BCUT2D eigenvalue weighted by molar-refractivity contribution is 5.37. The summed E-state index contributed by atoms with van der Waals surface area (Å²) in [6, 6.07) is 6.41. The molecule has 1 aromatic carbocycles. The third kappa shape index (κ3) is 7.46. The quantitative estimate of drug-likeness (QED) is 0.637. The van der Waals surface area contributed by atoms with Crippen molar-refractivity contribution < 1.29 is 14.2 Å². The lowest BCUT2D eigenvalue weighted by molar-refractivity contribution is 0.1000. The molecule has 0 aliphatic heterocycles. The second-order valence-corrected chi connectivity index (χ2v) is 5.38. The number of hydrogen-bond acceptors (Lipinski definition) is 4. The predicted molar refractivity (Wildman–Crippen MR) is 86.3 cm³/mol. The topological polar surface area (TPSA) is 39.7 Å². The van der Waals surface area contributed by atoms with Crippen molar-refractivity contribution in [3.05, 3.63) is 29.3 Å². The molecule has 0 saturated heterocycles. The molecule has 0 atom stereocenters. The van der Waals surface area contributed by atoms with E-state index in [1.165, 1.54) is 11.1 Å². The van der Waals surface area contributed by atoms with Crippen LogP contribution in [0.4, 0.5) is 0 Å². The molecule has 0 amide bonds. The lowest BCUT2D eigenvalue weighted by Crippen LogP contribution is -2.24. The highest BCUT2D eigenvalue weighted by Gasteiger charge is 2.04. The van der Waals surface area contributed by atoms with Crippen molar-refractivity contribution >= 4 is 0 Å². The van der Waals surface area contributed by atoms with Crippen LogP contribution in [0.15, 0.2) is 18.2 Å². The van der Waals surface area contributed by atoms with E-state index in [0.29, 0.717) is 25.7 Å². The smallest absolute Gasteiger partial charge is 0.122 e. The summed E-state index contributed by atoms with van der Waals surface area (Å²) >= 11 is 0. The molecule has 0 aliphatic carbocycles. The minimum absolute atomic E-state index is 0.516. The number of ether oxygens (including phenoxy) is 3. The first-order valence-corrected chi connectivity index (χ1v) is 7.66. The van der Waals surface area contributed by atoms with E-state index in [1.54, 1.807) is 7.11 Å². The average molecular weight is 295 g/mol. The van der Waals surface area contributed by atoms with E-state index in [9.17, 15) is 0 Å². The van der Waals surface area contributed by atoms with Crippen molar-refractivity contribution in [2.45, 2.75) is 26.7 Å². The van der Waals surface area contributed by atoms with Crippen LogP contribution in [0.2, 0.25) is 0 Å². The molecule has 4 nitrogen and oxygen atoms in total. The van der Waals surface area contributed by atoms with Crippen molar-refractivity contribution in [1.82, 2.24) is 5.32 Å². The van der Waals surface area contributed by atoms with Gasteiger partial charge < -0.3 is 19.5 Å². The molecule has 1 aromatic rings. The van der Waals surface area contributed by atoms with Crippen molar-refractivity contribution in [2.75, 3.05) is 46.6 Å². The van der Waals surface area contributed by atoms with Crippen LogP contribution in [-0.4, -0.2) is 46.6 Å². The Kier molecular flexibility index (Phi) is 9.06. The highest BCUT2D eigenvalue weighted by atomic mass is 16.5. The SMILES string of the molecule is COCCNCCOCCOc1cc(C(C)C)ccc1C. The number of nitrogens with one attached hydrogen (secondary N) is 1. The van der Waals surface area contributed by atoms with Gasteiger partial charge in [-0.15, -0.1) is 0 Å². The van der Waals surface area contributed by atoms with Crippen LogP contribution in [0.25, 0.3) is 0 Å². The van der Waals surface area contributed by atoms with Crippen LogP contribution in [0.5, 0.6) is 5.75 Å². The third-order valence-corrected chi connectivity index (χ3v) is 3.27. The lowest BCUT2D eigenvalue weighted by Gasteiger charge is -2.13. The van der Waals surface area contributed by atoms with E-state index in [0.717, 1.165) is 25.4 Å². The average Bonchev–Trinajstić information content (AvgIpc) is 2.47. The fourth-order valence-electron chi connectivity index (χ4n) is 1.89. The molecule has 0 spiro atoms. The fourth-order valence-corrected chi connectivity index (χ4v) is 1.89. The van der Waals surface area contributed by atoms with Crippen LogP contribution in [0.3, 0.4) is 0 Å². The van der Waals surface area contributed by atoms with Crippen LogP contribution in [-0.2, 0) is 9.47 Å². The largest absolute Gasteiger partial charge is 0.491 e. The van der Waals surface area contributed by atoms with Gasteiger partial charge in [0.2, 0.25) is 0 Å². The fraction of sp³-hybridized carbons (Fsp3) is 0.647. The first kappa shape index (κ1) is 18.0. The molecule has 21 heavy (non-hydrogen) atoms. The van der Waals surface area contributed by atoms with Crippen molar-refractivity contribution in [1.29, 1.82) is 0 Å². The van der Waals surface area contributed by atoms with Gasteiger partial charge in [0.15, 0.2) is 0 Å². The van der Waals surface area contributed by atoms with Gasteiger partial charge in [0.25, 0.3) is 0 Å². The summed E-state index contributed by atoms with van der Waals surface area (Å²) in [5.41, 5.74) is 2.47. The Labute approximate surface area is 128 Å². The molecular formula is C17H29NO3. The molecule has 0 radical (unpaired) electrons. The number of benzene rings is 1. The summed E-state index contributed by atoms with van der Waals surface area (Å²) in [7, 11) is 1.70. The third-order valence-electron chi connectivity index (χ3n) is 3.27. The summed E-state index contributed by atoms with van der Waals surface area (Å²) in [6.07, 6.45) is 0. The van der Waals surface area contributed by atoms with E-state index in [-0.39, 0.29) is 0 Å². The van der Waals surface area contributed by atoms with Crippen LogP contribution < -0.4 is 10.1 Å². The summed E-state index contributed by atoms with van der Waals surface area (Å²) in [6.45, 7) is 10.8. The number of hydrogen-bond donors (Lipinski definition) is 1. The van der Waals surface area contributed by atoms with Crippen molar-refractivity contribution in [2.24, 2.45) is 0 Å². The Bertz CT molecular complexity index is 394. The van der Waals surface area contributed by atoms with E-state index < -0.39 is 0 Å². The summed E-state index contributed by atoms with van der Waals surface area (Å²) < 4.78 is 16.3. The molecule has 0 heterocycles. The zero-order valence-electron chi connectivity index (χ0n) is 13.8. The molecule has 1 rings (SSSR count). The van der Waals surface area contributed by atoms with Crippen LogP contribution in [0.1, 0.15) is 30.9 Å². The van der Waals surface area contributed by atoms with Gasteiger partial charge in [-0.1, -0.05) is 26.0 Å². The van der Waals surface area contributed by atoms with Gasteiger partial charge >= 0.3 is 0 Å². The standard InChI is InChI=1S/C17H29NO3/c1-14(2)16-6-5-15(3)17(13-16)21-12-11-20-10-8-18-7-9-19-4/h5-6,13-14,18H,7-12H2,1-4H3. The molecule has 0 aliphatic rings. The van der Waals surface area contributed by atoms with Gasteiger partial charge in [0, 0.05) is 20.2 Å². The zero-order valence-corrected chi connectivity index (χ0v) is 13.8. The molecule has 0 bridgehead atoms. The lowest BCUT2D eigenvalue weighted by atomic mass is 10.0.